The molecule has 2 aromatic heterocycles. The van der Waals surface area contributed by atoms with E-state index in [4.69, 9.17) is 5.73 Å². The molecule has 22 heavy (non-hydrogen) atoms. The van der Waals surface area contributed by atoms with Crippen LogP contribution in [0.5, 0.6) is 0 Å². The van der Waals surface area contributed by atoms with Crippen molar-refractivity contribution in [1.82, 2.24) is 14.9 Å². The Hall–Kier alpha value is -2.76. The number of guanidine groups is 1. The fourth-order valence-electron chi connectivity index (χ4n) is 2.49. The highest BCUT2D eigenvalue weighted by Gasteiger charge is 2.37. The summed E-state index contributed by atoms with van der Waals surface area (Å²) in [6, 6.07) is 7.71. The lowest BCUT2D eigenvalue weighted by Gasteiger charge is -2.32. The third kappa shape index (κ3) is 2.43. The molecule has 3 heterocycles. The molecule has 112 valence electrons. The third-order valence-electron chi connectivity index (χ3n) is 3.88. The molecule has 1 aliphatic heterocycles. The second-order valence-electron chi connectivity index (χ2n) is 5.54. The Balaban J connectivity index is 2.04. The molecule has 2 aromatic rings. The molecule has 0 saturated carbocycles. The summed E-state index contributed by atoms with van der Waals surface area (Å²) in [7, 11) is 1.63. The summed E-state index contributed by atoms with van der Waals surface area (Å²) in [5.41, 5.74) is 7.80. The highest BCUT2D eigenvalue weighted by molar-refractivity contribution is 5.98. The minimum atomic E-state index is -0.744. The standard InChI is InChI=1S/C16H17N5O/c1-16(9-14(22)21(2)15(17)20-16)13-8-11(5-7-19-13)12-4-3-6-18-10-12/h3-8,10H,9H2,1-2H3,(H2,17,20)/t16-/m0/s1. The number of aromatic nitrogens is 2. The van der Waals surface area contributed by atoms with Gasteiger partial charge in [0.1, 0.15) is 5.54 Å². The van der Waals surface area contributed by atoms with Gasteiger partial charge >= 0.3 is 0 Å². The minimum Gasteiger partial charge on any atom is -0.369 e. The van der Waals surface area contributed by atoms with Crippen LogP contribution in [0.2, 0.25) is 0 Å². The molecule has 6 nitrogen and oxygen atoms in total. The summed E-state index contributed by atoms with van der Waals surface area (Å²) < 4.78 is 0. The average molecular weight is 295 g/mol. The maximum absolute atomic E-state index is 12.1. The van der Waals surface area contributed by atoms with E-state index in [1.54, 1.807) is 25.6 Å². The molecule has 0 unspecified atom stereocenters. The summed E-state index contributed by atoms with van der Waals surface area (Å²) >= 11 is 0. The molecule has 0 spiro atoms. The predicted octanol–water partition coefficient (Wildman–Crippen LogP) is 1.54. The molecule has 0 aromatic carbocycles. The number of carbonyl (C=O) groups excluding carboxylic acids is 1. The first-order valence-electron chi connectivity index (χ1n) is 6.98. The largest absolute Gasteiger partial charge is 0.369 e. The van der Waals surface area contributed by atoms with Crippen LogP contribution in [0.1, 0.15) is 19.0 Å². The van der Waals surface area contributed by atoms with Gasteiger partial charge in [-0.25, -0.2) is 4.99 Å². The van der Waals surface area contributed by atoms with E-state index in [2.05, 4.69) is 15.0 Å². The van der Waals surface area contributed by atoms with E-state index in [9.17, 15) is 4.79 Å². The van der Waals surface area contributed by atoms with Crippen molar-refractivity contribution in [2.75, 3.05) is 7.05 Å². The zero-order valence-electron chi connectivity index (χ0n) is 12.5. The van der Waals surface area contributed by atoms with Crippen LogP contribution in [0.3, 0.4) is 0 Å². The molecule has 0 fully saturated rings. The number of carbonyl (C=O) groups is 1. The summed E-state index contributed by atoms with van der Waals surface area (Å²) in [4.78, 5) is 26.4. The van der Waals surface area contributed by atoms with E-state index in [0.717, 1.165) is 16.8 Å². The van der Waals surface area contributed by atoms with Crippen molar-refractivity contribution in [2.45, 2.75) is 18.9 Å². The van der Waals surface area contributed by atoms with Crippen LogP contribution < -0.4 is 5.73 Å². The normalized spacial score (nSPS) is 21.6. The van der Waals surface area contributed by atoms with Gasteiger partial charge in [0.05, 0.1) is 12.1 Å². The Labute approximate surface area is 128 Å². The smallest absolute Gasteiger partial charge is 0.231 e. The van der Waals surface area contributed by atoms with Gasteiger partial charge in [0, 0.05) is 31.2 Å². The van der Waals surface area contributed by atoms with Crippen LogP contribution in [0.4, 0.5) is 0 Å². The molecule has 0 aliphatic carbocycles. The van der Waals surface area contributed by atoms with Gasteiger partial charge in [-0.05, 0) is 30.7 Å². The van der Waals surface area contributed by atoms with E-state index in [1.165, 1.54) is 4.90 Å². The maximum Gasteiger partial charge on any atom is 0.231 e. The van der Waals surface area contributed by atoms with Crippen LogP contribution >= 0.6 is 0 Å². The zero-order chi connectivity index (χ0) is 15.7. The van der Waals surface area contributed by atoms with Gasteiger partial charge in [-0.1, -0.05) is 6.07 Å². The van der Waals surface area contributed by atoms with Gasteiger partial charge in [0.2, 0.25) is 5.91 Å². The number of amides is 1. The maximum atomic E-state index is 12.1. The van der Waals surface area contributed by atoms with E-state index < -0.39 is 5.54 Å². The molecule has 6 heteroatoms. The highest BCUT2D eigenvalue weighted by atomic mass is 16.2. The van der Waals surface area contributed by atoms with Gasteiger partial charge in [-0.15, -0.1) is 0 Å². The van der Waals surface area contributed by atoms with E-state index in [1.807, 2.05) is 31.2 Å². The van der Waals surface area contributed by atoms with Crippen molar-refractivity contribution in [3.05, 3.63) is 48.5 Å². The number of nitrogens with zero attached hydrogens (tertiary/aromatic N) is 4. The first-order valence-corrected chi connectivity index (χ1v) is 6.98. The summed E-state index contributed by atoms with van der Waals surface area (Å²) in [6.45, 7) is 1.88. The second-order valence-corrected chi connectivity index (χ2v) is 5.54. The summed E-state index contributed by atoms with van der Waals surface area (Å²) in [5.74, 6) is 0.149. The molecular weight excluding hydrogens is 278 g/mol. The highest BCUT2D eigenvalue weighted by Crippen LogP contribution is 2.33. The summed E-state index contributed by atoms with van der Waals surface area (Å²) in [5, 5.41) is 0. The Bertz CT molecular complexity index is 743. The van der Waals surface area contributed by atoms with Gasteiger partial charge in [0.25, 0.3) is 0 Å². The molecule has 0 bridgehead atoms. The number of pyridine rings is 2. The molecule has 3 rings (SSSR count). The van der Waals surface area contributed by atoms with Gasteiger partial charge < -0.3 is 5.73 Å². The van der Waals surface area contributed by atoms with Gasteiger partial charge in [0.15, 0.2) is 5.96 Å². The monoisotopic (exact) mass is 295 g/mol. The number of rotatable bonds is 2. The lowest BCUT2D eigenvalue weighted by molar-refractivity contribution is -0.128. The van der Waals surface area contributed by atoms with Crippen LogP contribution in [-0.2, 0) is 10.3 Å². The van der Waals surface area contributed by atoms with Crippen LogP contribution in [-0.4, -0.2) is 33.8 Å². The molecule has 1 aliphatic rings. The first-order chi connectivity index (χ1) is 10.5. The SMILES string of the molecule is CN1C(=O)C[C@@](C)(c2cc(-c3cccnc3)ccn2)N=C1N. The van der Waals surface area contributed by atoms with Gasteiger partial charge in [-0.2, -0.15) is 0 Å². The van der Waals surface area contributed by atoms with Crippen molar-refractivity contribution in [3.63, 3.8) is 0 Å². The molecule has 1 atom stereocenters. The van der Waals surface area contributed by atoms with Crippen molar-refractivity contribution < 1.29 is 4.79 Å². The second kappa shape index (κ2) is 5.22. The lowest BCUT2D eigenvalue weighted by Crippen LogP contribution is -2.47. The summed E-state index contributed by atoms with van der Waals surface area (Å²) in [6.07, 6.45) is 5.48. The first kappa shape index (κ1) is 14.2. The Kier molecular flexibility index (Phi) is 3.36. The van der Waals surface area contributed by atoms with Crippen molar-refractivity contribution in [2.24, 2.45) is 10.7 Å². The Morgan fingerprint density at radius 2 is 2.09 bits per heavy atom. The molecule has 0 saturated heterocycles. The van der Waals surface area contributed by atoms with Crippen LogP contribution in [0.15, 0.2) is 47.8 Å². The van der Waals surface area contributed by atoms with Crippen LogP contribution in [0, 0.1) is 0 Å². The molecule has 2 N–H and O–H groups in total. The Morgan fingerprint density at radius 1 is 1.27 bits per heavy atom. The van der Waals surface area contributed by atoms with Gasteiger partial charge in [-0.3, -0.25) is 19.7 Å². The predicted molar refractivity (Wildman–Crippen MR) is 83.8 cm³/mol. The molecule has 1 amide bonds. The van der Waals surface area contributed by atoms with Crippen molar-refractivity contribution >= 4 is 11.9 Å². The number of nitrogens with two attached hydrogens (primary N) is 1. The zero-order valence-corrected chi connectivity index (χ0v) is 12.5. The van der Waals surface area contributed by atoms with Crippen molar-refractivity contribution in [3.8, 4) is 11.1 Å². The number of hydrogen-bond donors (Lipinski definition) is 1. The minimum absolute atomic E-state index is 0.0661. The fourth-order valence-corrected chi connectivity index (χ4v) is 2.49. The van der Waals surface area contributed by atoms with E-state index in [0.29, 0.717) is 0 Å². The number of aliphatic imine (C=N–C) groups is 1. The van der Waals surface area contributed by atoms with Crippen molar-refractivity contribution in [1.29, 1.82) is 0 Å². The number of hydrogen-bond acceptors (Lipinski definition) is 5. The quantitative estimate of drug-likeness (QED) is 0.910. The van der Waals surface area contributed by atoms with E-state index >= 15 is 0 Å². The van der Waals surface area contributed by atoms with Crippen LogP contribution in [0.25, 0.3) is 11.1 Å². The molecule has 0 radical (unpaired) electrons. The fraction of sp³-hybridized carbons (Fsp3) is 0.250. The van der Waals surface area contributed by atoms with E-state index in [-0.39, 0.29) is 18.3 Å². The molecular formula is C16H17N5O. The third-order valence-corrected chi connectivity index (χ3v) is 3.88. The Morgan fingerprint density at radius 3 is 2.77 bits per heavy atom. The topological polar surface area (TPSA) is 84.5 Å². The average Bonchev–Trinajstić information content (AvgIpc) is 2.53. The lowest BCUT2D eigenvalue weighted by atomic mass is 9.90.